The van der Waals surface area contributed by atoms with Crippen LogP contribution in [0.2, 0.25) is 0 Å². The van der Waals surface area contributed by atoms with Crippen LogP contribution in [0.4, 0.5) is 4.39 Å². The predicted octanol–water partition coefficient (Wildman–Crippen LogP) is 3.71. The molecule has 0 amide bonds. The van der Waals surface area contributed by atoms with Crippen molar-refractivity contribution in [3.8, 4) is 5.75 Å². The number of hydrogen-bond acceptors (Lipinski definition) is 2. The summed E-state index contributed by atoms with van der Waals surface area (Å²) in [7, 11) is 1.46. The second-order valence-electron chi connectivity index (χ2n) is 5.61. The summed E-state index contributed by atoms with van der Waals surface area (Å²) in [5.74, 6) is -0.103. The van der Waals surface area contributed by atoms with Crippen molar-refractivity contribution in [2.75, 3.05) is 7.11 Å². The molecule has 0 bridgehead atoms. The number of halogens is 1. The fourth-order valence-electron chi connectivity index (χ4n) is 3.28. The van der Waals surface area contributed by atoms with E-state index in [0.29, 0.717) is 6.42 Å². The van der Waals surface area contributed by atoms with E-state index in [-0.39, 0.29) is 23.1 Å². The number of benzene rings is 1. The van der Waals surface area contributed by atoms with Gasteiger partial charge in [-0.25, -0.2) is 4.39 Å². The SMILES string of the molecule is CCC1(C(O)Cc2ccc(OC)c(F)c2)CCCC1. The molecule has 2 rings (SSSR count). The molecule has 106 valence electrons. The molecule has 0 aromatic heterocycles. The van der Waals surface area contributed by atoms with E-state index in [1.807, 2.05) is 6.07 Å². The van der Waals surface area contributed by atoms with Crippen molar-refractivity contribution >= 4 is 0 Å². The smallest absolute Gasteiger partial charge is 0.165 e. The molecule has 0 heterocycles. The Hall–Kier alpha value is -1.09. The first-order valence-corrected chi connectivity index (χ1v) is 7.12. The topological polar surface area (TPSA) is 29.5 Å². The van der Waals surface area contributed by atoms with Crippen LogP contribution in [-0.2, 0) is 6.42 Å². The highest BCUT2D eigenvalue weighted by molar-refractivity contribution is 5.29. The highest BCUT2D eigenvalue weighted by Crippen LogP contribution is 2.44. The minimum absolute atomic E-state index is 0.0381. The van der Waals surface area contributed by atoms with E-state index in [2.05, 4.69) is 6.92 Å². The summed E-state index contributed by atoms with van der Waals surface area (Å²) in [6.45, 7) is 2.14. The molecule has 1 fully saturated rings. The van der Waals surface area contributed by atoms with Gasteiger partial charge in [-0.2, -0.15) is 0 Å². The summed E-state index contributed by atoms with van der Waals surface area (Å²) in [6, 6.07) is 4.94. The van der Waals surface area contributed by atoms with Gasteiger partial charge in [0, 0.05) is 0 Å². The maximum absolute atomic E-state index is 13.6. The Morgan fingerprint density at radius 2 is 2.05 bits per heavy atom. The molecule has 0 saturated heterocycles. The van der Waals surface area contributed by atoms with Crippen molar-refractivity contribution in [1.82, 2.24) is 0 Å². The second kappa shape index (κ2) is 5.91. The van der Waals surface area contributed by atoms with Gasteiger partial charge in [0.05, 0.1) is 13.2 Å². The number of hydrogen-bond donors (Lipinski definition) is 1. The van der Waals surface area contributed by atoms with Gasteiger partial charge >= 0.3 is 0 Å². The summed E-state index contributed by atoms with van der Waals surface area (Å²) in [4.78, 5) is 0. The van der Waals surface area contributed by atoms with Crippen LogP contribution in [0.1, 0.15) is 44.6 Å². The first kappa shape index (κ1) is 14.3. The molecular formula is C16H23FO2. The van der Waals surface area contributed by atoms with Gasteiger partial charge in [-0.15, -0.1) is 0 Å². The zero-order valence-corrected chi connectivity index (χ0v) is 11.8. The highest BCUT2D eigenvalue weighted by atomic mass is 19.1. The number of aliphatic hydroxyl groups is 1. The van der Waals surface area contributed by atoms with E-state index in [1.54, 1.807) is 6.07 Å². The lowest BCUT2D eigenvalue weighted by Crippen LogP contribution is -2.33. The molecule has 3 heteroatoms. The Labute approximate surface area is 114 Å². The molecule has 0 radical (unpaired) electrons. The van der Waals surface area contributed by atoms with Crippen LogP contribution in [0.5, 0.6) is 5.75 Å². The van der Waals surface area contributed by atoms with Crippen LogP contribution in [0, 0.1) is 11.2 Å². The van der Waals surface area contributed by atoms with Crippen LogP contribution in [-0.4, -0.2) is 18.3 Å². The van der Waals surface area contributed by atoms with Gasteiger partial charge in [-0.1, -0.05) is 25.8 Å². The molecule has 0 aliphatic heterocycles. The summed E-state index contributed by atoms with van der Waals surface area (Å²) in [5, 5.41) is 10.5. The van der Waals surface area contributed by atoms with E-state index in [9.17, 15) is 9.50 Å². The summed E-state index contributed by atoms with van der Waals surface area (Å²) in [5.41, 5.74) is 0.877. The molecule has 1 atom stereocenters. The number of rotatable bonds is 5. The van der Waals surface area contributed by atoms with Crippen molar-refractivity contribution < 1.29 is 14.2 Å². The Kier molecular flexibility index (Phi) is 4.46. The average Bonchev–Trinajstić information content (AvgIpc) is 2.89. The Balaban J connectivity index is 2.10. The standard InChI is InChI=1S/C16H23FO2/c1-3-16(8-4-5-9-16)15(18)11-12-6-7-14(19-2)13(17)10-12/h6-7,10,15,18H,3-5,8-9,11H2,1-2H3. The number of aliphatic hydroxyl groups excluding tert-OH is 1. The third-order valence-corrected chi connectivity index (χ3v) is 4.66. The lowest BCUT2D eigenvalue weighted by molar-refractivity contribution is 0.0257. The Morgan fingerprint density at radius 1 is 1.37 bits per heavy atom. The summed E-state index contributed by atoms with van der Waals surface area (Å²) in [6.07, 6.45) is 5.70. The number of ether oxygens (including phenoxy) is 1. The molecule has 1 aliphatic carbocycles. The molecule has 1 aromatic rings. The quantitative estimate of drug-likeness (QED) is 0.880. The maximum atomic E-state index is 13.6. The van der Waals surface area contributed by atoms with Gasteiger partial charge in [0.15, 0.2) is 11.6 Å². The van der Waals surface area contributed by atoms with Crippen LogP contribution in [0.15, 0.2) is 18.2 Å². The normalized spacial score (nSPS) is 19.4. The number of methoxy groups -OCH3 is 1. The maximum Gasteiger partial charge on any atom is 0.165 e. The van der Waals surface area contributed by atoms with Crippen molar-refractivity contribution in [2.45, 2.75) is 51.6 Å². The van der Waals surface area contributed by atoms with Gasteiger partial charge in [-0.3, -0.25) is 0 Å². The van der Waals surface area contributed by atoms with Gasteiger partial charge < -0.3 is 9.84 Å². The fourth-order valence-corrected chi connectivity index (χ4v) is 3.28. The zero-order valence-electron chi connectivity index (χ0n) is 11.8. The monoisotopic (exact) mass is 266 g/mol. The minimum Gasteiger partial charge on any atom is -0.494 e. The molecular weight excluding hydrogens is 243 g/mol. The predicted molar refractivity (Wildman–Crippen MR) is 73.9 cm³/mol. The fraction of sp³-hybridized carbons (Fsp3) is 0.625. The molecule has 1 N–H and O–H groups in total. The van der Waals surface area contributed by atoms with Crippen molar-refractivity contribution in [1.29, 1.82) is 0 Å². The van der Waals surface area contributed by atoms with Gasteiger partial charge in [-0.05, 0) is 48.8 Å². The average molecular weight is 266 g/mol. The van der Waals surface area contributed by atoms with E-state index in [0.717, 1.165) is 24.8 Å². The molecule has 19 heavy (non-hydrogen) atoms. The van der Waals surface area contributed by atoms with Crippen LogP contribution >= 0.6 is 0 Å². The van der Waals surface area contributed by atoms with E-state index >= 15 is 0 Å². The van der Waals surface area contributed by atoms with E-state index in [4.69, 9.17) is 4.74 Å². The van der Waals surface area contributed by atoms with Crippen LogP contribution in [0.3, 0.4) is 0 Å². The van der Waals surface area contributed by atoms with Crippen molar-refractivity contribution in [2.24, 2.45) is 5.41 Å². The Bertz CT molecular complexity index is 425. The van der Waals surface area contributed by atoms with Gasteiger partial charge in [0.2, 0.25) is 0 Å². The van der Waals surface area contributed by atoms with Crippen molar-refractivity contribution in [3.63, 3.8) is 0 Å². The minimum atomic E-state index is -0.382. The zero-order chi connectivity index (χ0) is 13.9. The molecule has 0 spiro atoms. The molecule has 1 aromatic carbocycles. The van der Waals surface area contributed by atoms with E-state index < -0.39 is 0 Å². The molecule has 1 saturated carbocycles. The first-order chi connectivity index (χ1) is 9.11. The van der Waals surface area contributed by atoms with Crippen LogP contribution < -0.4 is 4.74 Å². The molecule has 1 aliphatic rings. The van der Waals surface area contributed by atoms with Crippen LogP contribution in [0.25, 0.3) is 0 Å². The third-order valence-electron chi connectivity index (χ3n) is 4.66. The van der Waals surface area contributed by atoms with E-state index in [1.165, 1.54) is 26.0 Å². The Morgan fingerprint density at radius 3 is 2.58 bits per heavy atom. The summed E-state index contributed by atoms with van der Waals surface area (Å²) < 4.78 is 18.6. The first-order valence-electron chi connectivity index (χ1n) is 7.12. The second-order valence-corrected chi connectivity index (χ2v) is 5.61. The molecule has 2 nitrogen and oxygen atoms in total. The molecule has 1 unspecified atom stereocenters. The van der Waals surface area contributed by atoms with Gasteiger partial charge in [0.1, 0.15) is 0 Å². The lowest BCUT2D eigenvalue weighted by Gasteiger charge is -2.33. The summed E-state index contributed by atoms with van der Waals surface area (Å²) >= 11 is 0. The highest BCUT2D eigenvalue weighted by Gasteiger charge is 2.38. The lowest BCUT2D eigenvalue weighted by atomic mass is 9.76. The van der Waals surface area contributed by atoms with Gasteiger partial charge in [0.25, 0.3) is 0 Å². The largest absolute Gasteiger partial charge is 0.494 e. The third kappa shape index (κ3) is 2.92. The van der Waals surface area contributed by atoms with Crippen molar-refractivity contribution in [3.05, 3.63) is 29.6 Å².